The number of aryl methyl sites for hydroxylation is 1. The van der Waals surface area contributed by atoms with Gasteiger partial charge in [0, 0.05) is 77.2 Å². The van der Waals surface area contributed by atoms with Crippen molar-refractivity contribution in [2.75, 3.05) is 58.5 Å². The molecular weight excluding hydrogens is 549 g/mol. The number of anilines is 1. The third-order valence-electron chi connectivity index (χ3n) is 7.47. The number of pyridine rings is 1. The summed E-state index contributed by atoms with van der Waals surface area (Å²) in [6.07, 6.45) is 4.93. The maximum atomic E-state index is 14.9. The number of rotatable bonds is 9. The predicted molar refractivity (Wildman–Crippen MR) is 158 cm³/mol. The Balaban J connectivity index is 1.41. The van der Waals surface area contributed by atoms with Crippen molar-refractivity contribution in [3.63, 3.8) is 0 Å². The Hall–Kier alpha value is -3.70. The van der Waals surface area contributed by atoms with Crippen molar-refractivity contribution in [1.29, 1.82) is 0 Å². The van der Waals surface area contributed by atoms with Gasteiger partial charge in [-0.25, -0.2) is 14.2 Å². The Kier molecular flexibility index (Phi) is 8.74. The first kappa shape index (κ1) is 28.8. The van der Waals surface area contributed by atoms with Crippen LogP contribution in [0.25, 0.3) is 27.9 Å². The molecule has 2 aromatic carbocycles. The van der Waals surface area contributed by atoms with E-state index in [4.69, 9.17) is 21.1 Å². The van der Waals surface area contributed by atoms with E-state index in [1.807, 2.05) is 6.07 Å². The molecule has 1 fully saturated rings. The molecule has 1 aliphatic rings. The van der Waals surface area contributed by atoms with Crippen molar-refractivity contribution in [2.24, 2.45) is 7.05 Å². The molecule has 11 heteroatoms. The monoisotopic (exact) mass is 581 g/mol. The second-order valence-electron chi connectivity index (χ2n) is 10.1. The van der Waals surface area contributed by atoms with E-state index in [9.17, 15) is 14.3 Å². The van der Waals surface area contributed by atoms with Gasteiger partial charge in [0.25, 0.3) is 0 Å². The van der Waals surface area contributed by atoms with Gasteiger partial charge in [-0.3, -0.25) is 9.47 Å². The largest absolute Gasteiger partial charge is 0.507 e. The topological polar surface area (TPSA) is 85.0 Å². The van der Waals surface area contributed by atoms with E-state index in [0.717, 1.165) is 32.0 Å². The first-order valence-corrected chi connectivity index (χ1v) is 13.7. The van der Waals surface area contributed by atoms with Crippen molar-refractivity contribution in [3.8, 4) is 33.7 Å². The predicted octanol–water partition coefficient (Wildman–Crippen LogP) is 4.19. The third-order valence-corrected chi connectivity index (χ3v) is 7.77. The maximum Gasteiger partial charge on any atom is 0.332 e. The van der Waals surface area contributed by atoms with E-state index in [-0.39, 0.29) is 17.5 Å². The lowest BCUT2D eigenvalue weighted by Crippen LogP contribution is -2.53. The first-order valence-electron chi connectivity index (χ1n) is 13.3. The van der Waals surface area contributed by atoms with Gasteiger partial charge < -0.3 is 24.0 Å². The van der Waals surface area contributed by atoms with E-state index in [2.05, 4.69) is 14.8 Å². The zero-order valence-electron chi connectivity index (χ0n) is 23.3. The van der Waals surface area contributed by atoms with Crippen LogP contribution in [-0.4, -0.2) is 83.8 Å². The van der Waals surface area contributed by atoms with Crippen LogP contribution in [0.1, 0.15) is 0 Å². The lowest BCUT2D eigenvalue weighted by Gasteiger charge is -2.39. The number of imidazole rings is 1. The number of nitrogens with zero attached hydrogens (tertiary/aromatic N) is 5. The molecule has 1 N–H and O–H groups in total. The normalized spacial score (nSPS) is 14.2. The zero-order chi connectivity index (χ0) is 29.1. The van der Waals surface area contributed by atoms with Gasteiger partial charge in [0.05, 0.1) is 30.0 Å². The highest BCUT2D eigenvalue weighted by Gasteiger charge is 2.25. The third kappa shape index (κ3) is 6.01. The molecule has 4 aromatic rings. The molecule has 0 amide bonds. The molecule has 5 rings (SSSR count). The van der Waals surface area contributed by atoms with Crippen molar-refractivity contribution in [2.45, 2.75) is 6.04 Å². The average Bonchev–Trinajstić information content (AvgIpc) is 3.31. The van der Waals surface area contributed by atoms with Crippen LogP contribution in [0.4, 0.5) is 10.2 Å². The van der Waals surface area contributed by atoms with Gasteiger partial charge in [0.15, 0.2) is 0 Å². The number of hydrogen-bond acceptors (Lipinski definition) is 7. The Morgan fingerprint density at radius 2 is 1.63 bits per heavy atom. The summed E-state index contributed by atoms with van der Waals surface area (Å²) in [6.45, 7) is 4.37. The molecule has 1 aliphatic heterocycles. The molecule has 0 spiro atoms. The Morgan fingerprint density at radius 1 is 0.976 bits per heavy atom. The Bertz CT molecular complexity index is 1580. The molecule has 0 radical (unpaired) electrons. The molecule has 9 nitrogen and oxygen atoms in total. The molecule has 0 atom stereocenters. The number of aromatic nitrogens is 3. The molecule has 1 saturated heterocycles. The van der Waals surface area contributed by atoms with E-state index in [0.29, 0.717) is 46.2 Å². The molecule has 0 aliphatic carbocycles. The van der Waals surface area contributed by atoms with Crippen molar-refractivity contribution in [3.05, 3.63) is 82.4 Å². The molecule has 0 bridgehead atoms. The van der Waals surface area contributed by atoms with Crippen LogP contribution in [0.5, 0.6) is 5.75 Å². The van der Waals surface area contributed by atoms with Gasteiger partial charge in [0.1, 0.15) is 17.4 Å². The highest BCUT2D eigenvalue weighted by atomic mass is 35.5. The highest BCUT2D eigenvalue weighted by molar-refractivity contribution is 6.32. The van der Waals surface area contributed by atoms with E-state index in [1.165, 1.54) is 21.3 Å². The Labute approximate surface area is 242 Å². The van der Waals surface area contributed by atoms with E-state index >= 15 is 0 Å². The van der Waals surface area contributed by atoms with Crippen molar-refractivity contribution >= 4 is 17.4 Å². The van der Waals surface area contributed by atoms with Crippen molar-refractivity contribution in [1.82, 2.24) is 19.0 Å². The van der Waals surface area contributed by atoms with Gasteiger partial charge in [-0.05, 0) is 47.5 Å². The second-order valence-corrected chi connectivity index (χ2v) is 10.5. The van der Waals surface area contributed by atoms with Gasteiger partial charge in [-0.2, -0.15) is 0 Å². The quantitative estimate of drug-likeness (QED) is 0.317. The maximum absolute atomic E-state index is 14.9. The SMILES string of the molecule is COCC(COC)N1CCN(c2cc(-c3cc(F)cc(-c4ccc(-n5ccn(C)c5=O)c(Cl)c4)c3O)ccn2)CC1. The molecule has 0 saturated carbocycles. The number of halogens is 2. The minimum atomic E-state index is -0.499. The second kappa shape index (κ2) is 12.4. The van der Waals surface area contributed by atoms with Crippen LogP contribution >= 0.6 is 11.6 Å². The van der Waals surface area contributed by atoms with Crippen LogP contribution < -0.4 is 10.6 Å². The summed E-state index contributed by atoms with van der Waals surface area (Å²) in [5.41, 5.74) is 2.06. The number of methoxy groups -OCH3 is 2. The number of ether oxygens (including phenoxy) is 2. The number of hydrogen-bond donors (Lipinski definition) is 1. The van der Waals surface area contributed by atoms with Crippen LogP contribution in [-0.2, 0) is 16.5 Å². The van der Waals surface area contributed by atoms with E-state index < -0.39 is 5.82 Å². The van der Waals surface area contributed by atoms with Gasteiger partial charge in [-0.1, -0.05) is 17.7 Å². The van der Waals surface area contributed by atoms with E-state index in [1.54, 1.807) is 64.1 Å². The molecule has 3 heterocycles. The fourth-order valence-electron chi connectivity index (χ4n) is 5.28. The number of piperazine rings is 1. The first-order chi connectivity index (χ1) is 19.8. The van der Waals surface area contributed by atoms with Crippen LogP contribution in [0.3, 0.4) is 0 Å². The zero-order valence-corrected chi connectivity index (χ0v) is 24.0. The number of benzene rings is 2. The summed E-state index contributed by atoms with van der Waals surface area (Å²) in [5, 5.41) is 11.6. The van der Waals surface area contributed by atoms with Crippen LogP contribution in [0.15, 0.2) is 65.8 Å². The Morgan fingerprint density at radius 3 is 2.22 bits per heavy atom. The molecule has 216 valence electrons. The lowest BCUT2D eigenvalue weighted by atomic mass is 9.97. The fraction of sp³-hybridized carbons (Fsp3) is 0.333. The fourth-order valence-corrected chi connectivity index (χ4v) is 5.55. The minimum absolute atomic E-state index is 0.0731. The molecule has 0 unspecified atom stereocenters. The summed E-state index contributed by atoms with van der Waals surface area (Å²) in [6, 6.07) is 11.4. The number of phenols is 1. The van der Waals surface area contributed by atoms with Gasteiger partial charge in [-0.15, -0.1) is 0 Å². The molecular formula is C30H33ClFN5O4. The summed E-state index contributed by atoms with van der Waals surface area (Å²) >= 11 is 6.54. The van der Waals surface area contributed by atoms with Crippen LogP contribution in [0.2, 0.25) is 5.02 Å². The average molecular weight is 582 g/mol. The molecule has 41 heavy (non-hydrogen) atoms. The molecule has 2 aromatic heterocycles. The summed E-state index contributed by atoms with van der Waals surface area (Å²) in [5.74, 6) is 0.181. The van der Waals surface area contributed by atoms with Crippen LogP contribution in [0, 0.1) is 5.82 Å². The summed E-state index contributed by atoms with van der Waals surface area (Å²) in [4.78, 5) is 21.5. The number of phenolic OH excluding ortho intramolecular Hbond substituents is 1. The highest BCUT2D eigenvalue weighted by Crippen LogP contribution is 2.41. The summed E-state index contributed by atoms with van der Waals surface area (Å²) < 4.78 is 28.5. The smallest absolute Gasteiger partial charge is 0.332 e. The van der Waals surface area contributed by atoms with Gasteiger partial charge in [0.2, 0.25) is 0 Å². The van der Waals surface area contributed by atoms with Crippen molar-refractivity contribution < 1.29 is 19.0 Å². The van der Waals surface area contributed by atoms with Gasteiger partial charge >= 0.3 is 5.69 Å². The standard InChI is InChI=1S/C30H33ClFN5O4/c1-34-8-13-37(30(34)39)27-5-4-20(14-26(27)31)24-16-22(32)17-25(29(24)38)21-6-7-33-28(15-21)36-11-9-35(10-12-36)23(18-40-2)19-41-3/h4-8,13-17,23,38H,9-12,18-19H2,1-3H3. The number of aromatic hydroxyl groups is 1. The minimum Gasteiger partial charge on any atom is -0.507 e. The lowest BCUT2D eigenvalue weighted by molar-refractivity contribution is 0.0331. The summed E-state index contributed by atoms with van der Waals surface area (Å²) in [7, 11) is 5.04.